The van der Waals surface area contributed by atoms with Gasteiger partial charge in [0.15, 0.2) is 5.65 Å². The van der Waals surface area contributed by atoms with Crippen LogP contribution in [0.5, 0.6) is 0 Å². The number of ether oxygens (including phenoxy) is 1. The average Bonchev–Trinajstić information content (AvgIpc) is 3.31. The van der Waals surface area contributed by atoms with Crippen LogP contribution in [0.1, 0.15) is 17.0 Å². The van der Waals surface area contributed by atoms with Crippen LogP contribution in [0.3, 0.4) is 0 Å². The first-order chi connectivity index (χ1) is 15.1. The van der Waals surface area contributed by atoms with Gasteiger partial charge >= 0.3 is 12.1 Å². The van der Waals surface area contributed by atoms with Crippen LogP contribution in [0.15, 0.2) is 61.1 Å². The SMILES string of the molecule is O=C(O)Cn1cc2c(NC(=O)OCC3c4ccccc4-c4ccccc43)ncnc2n1. The van der Waals surface area contributed by atoms with Gasteiger partial charge in [-0.2, -0.15) is 5.10 Å². The monoisotopic (exact) mass is 415 g/mol. The number of hydrogen-bond donors (Lipinski definition) is 2. The molecule has 154 valence electrons. The van der Waals surface area contributed by atoms with Gasteiger partial charge in [0, 0.05) is 12.1 Å². The van der Waals surface area contributed by atoms with E-state index in [9.17, 15) is 9.59 Å². The number of nitrogens with one attached hydrogen (secondary N) is 1. The lowest BCUT2D eigenvalue weighted by atomic mass is 9.98. The molecule has 9 nitrogen and oxygen atoms in total. The van der Waals surface area contributed by atoms with E-state index in [4.69, 9.17) is 9.84 Å². The van der Waals surface area contributed by atoms with Crippen molar-refractivity contribution in [1.29, 1.82) is 0 Å². The maximum Gasteiger partial charge on any atom is 0.412 e. The molecular weight excluding hydrogens is 398 g/mol. The molecule has 0 radical (unpaired) electrons. The lowest BCUT2D eigenvalue weighted by molar-refractivity contribution is -0.137. The molecule has 1 aliphatic rings. The Morgan fingerprint density at radius 2 is 1.71 bits per heavy atom. The van der Waals surface area contributed by atoms with Gasteiger partial charge < -0.3 is 9.84 Å². The number of rotatable bonds is 5. The Bertz CT molecular complexity index is 1270. The minimum absolute atomic E-state index is 0.0538. The van der Waals surface area contributed by atoms with Crippen LogP contribution in [0, 0.1) is 0 Å². The van der Waals surface area contributed by atoms with E-state index in [1.807, 2.05) is 36.4 Å². The van der Waals surface area contributed by atoms with E-state index in [0.29, 0.717) is 5.39 Å². The number of amides is 1. The van der Waals surface area contributed by atoms with Crippen molar-refractivity contribution in [3.63, 3.8) is 0 Å². The fourth-order valence-corrected chi connectivity index (χ4v) is 3.93. The Kier molecular flexibility index (Phi) is 4.55. The molecule has 0 saturated heterocycles. The van der Waals surface area contributed by atoms with Gasteiger partial charge in [-0.1, -0.05) is 48.5 Å². The highest BCUT2D eigenvalue weighted by atomic mass is 16.5. The number of fused-ring (bicyclic) bond motifs is 4. The average molecular weight is 415 g/mol. The van der Waals surface area contributed by atoms with Crippen molar-refractivity contribution in [3.05, 3.63) is 72.2 Å². The largest absolute Gasteiger partial charge is 0.480 e. The van der Waals surface area contributed by atoms with Gasteiger partial charge in [-0.25, -0.2) is 14.8 Å². The van der Waals surface area contributed by atoms with Crippen LogP contribution in [0.4, 0.5) is 10.6 Å². The Labute approximate surface area is 176 Å². The fourth-order valence-electron chi connectivity index (χ4n) is 3.93. The Morgan fingerprint density at radius 3 is 2.39 bits per heavy atom. The predicted octanol–water partition coefficient (Wildman–Crippen LogP) is 3.27. The predicted molar refractivity (Wildman–Crippen MR) is 112 cm³/mol. The normalized spacial score (nSPS) is 12.4. The molecule has 4 aromatic rings. The first-order valence-electron chi connectivity index (χ1n) is 9.62. The van der Waals surface area contributed by atoms with Crippen molar-refractivity contribution < 1.29 is 19.4 Å². The fraction of sp³-hybridized carbons (Fsp3) is 0.136. The third kappa shape index (κ3) is 3.46. The highest BCUT2D eigenvalue weighted by Gasteiger charge is 2.29. The smallest absolute Gasteiger partial charge is 0.412 e. The molecule has 0 bridgehead atoms. The van der Waals surface area contributed by atoms with E-state index in [1.54, 1.807) is 0 Å². The number of aromatic nitrogens is 4. The summed E-state index contributed by atoms with van der Waals surface area (Å²) in [4.78, 5) is 31.5. The minimum atomic E-state index is -1.04. The number of carboxylic acid groups (broad SMARTS) is 1. The lowest BCUT2D eigenvalue weighted by Crippen LogP contribution is -2.18. The molecule has 5 rings (SSSR count). The van der Waals surface area contributed by atoms with E-state index >= 15 is 0 Å². The number of nitrogens with zero attached hydrogens (tertiary/aromatic N) is 4. The van der Waals surface area contributed by atoms with Gasteiger partial charge in [-0.15, -0.1) is 0 Å². The van der Waals surface area contributed by atoms with E-state index < -0.39 is 12.1 Å². The molecule has 1 amide bonds. The number of aliphatic carboxylic acids is 1. The Hall–Kier alpha value is -4.27. The summed E-state index contributed by atoms with van der Waals surface area (Å²) in [5.74, 6) is -0.882. The summed E-state index contributed by atoms with van der Waals surface area (Å²) in [6.45, 7) is -0.146. The van der Waals surface area contributed by atoms with Crippen LogP contribution in [0.25, 0.3) is 22.2 Å². The van der Waals surface area contributed by atoms with Crippen molar-refractivity contribution in [3.8, 4) is 11.1 Å². The second-order valence-electron chi connectivity index (χ2n) is 7.13. The molecule has 9 heteroatoms. The van der Waals surface area contributed by atoms with Crippen LogP contribution in [-0.4, -0.2) is 43.5 Å². The third-order valence-electron chi connectivity index (χ3n) is 5.23. The zero-order valence-corrected chi connectivity index (χ0v) is 16.2. The molecule has 2 aromatic heterocycles. The molecule has 0 unspecified atom stereocenters. The van der Waals surface area contributed by atoms with E-state index in [2.05, 4.69) is 32.5 Å². The summed E-state index contributed by atoms with van der Waals surface area (Å²) in [6, 6.07) is 16.2. The molecule has 0 spiro atoms. The van der Waals surface area contributed by atoms with Crippen LogP contribution >= 0.6 is 0 Å². The number of hydrogen-bond acceptors (Lipinski definition) is 6. The standard InChI is InChI=1S/C22H17N5O4/c28-19(29)10-27-9-17-20(23-12-24-21(17)26-27)25-22(30)31-11-18-15-7-3-1-5-13(15)14-6-2-4-8-16(14)18/h1-9,12,18H,10-11H2,(H,28,29)(H,23,24,25,26,30). The van der Waals surface area contributed by atoms with Crippen molar-refractivity contribution >= 4 is 28.9 Å². The van der Waals surface area contributed by atoms with Crippen LogP contribution < -0.4 is 5.32 Å². The molecule has 2 heterocycles. The summed E-state index contributed by atoms with van der Waals surface area (Å²) in [5.41, 5.74) is 4.82. The summed E-state index contributed by atoms with van der Waals surface area (Å²) in [6.07, 6.45) is 2.06. The zero-order valence-electron chi connectivity index (χ0n) is 16.2. The van der Waals surface area contributed by atoms with E-state index in [0.717, 1.165) is 22.3 Å². The quantitative estimate of drug-likeness (QED) is 0.513. The maximum absolute atomic E-state index is 12.5. The molecule has 2 aromatic carbocycles. The molecule has 0 atom stereocenters. The number of anilines is 1. The zero-order chi connectivity index (χ0) is 21.4. The first-order valence-corrected chi connectivity index (χ1v) is 9.62. The number of carboxylic acids is 1. The highest BCUT2D eigenvalue weighted by molar-refractivity contribution is 5.95. The minimum Gasteiger partial charge on any atom is -0.480 e. The van der Waals surface area contributed by atoms with Crippen molar-refractivity contribution in [1.82, 2.24) is 19.7 Å². The van der Waals surface area contributed by atoms with Gasteiger partial charge in [0.1, 0.15) is 25.3 Å². The van der Waals surface area contributed by atoms with E-state index in [1.165, 1.54) is 17.2 Å². The first kappa shape index (κ1) is 18.7. The molecule has 0 fully saturated rings. The summed E-state index contributed by atoms with van der Waals surface area (Å²) in [7, 11) is 0. The maximum atomic E-state index is 12.5. The molecule has 1 aliphatic carbocycles. The van der Waals surface area contributed by atoms with Gasteiger partial charge in [0.2, 0.25) is 0 Å². The highest BCUT2D eigenvalue weighted by Crippen LogP contribution is 2.44. The summed E-state index contributed by atoms with van der Waals surface area (Å²) < 4.78 is 6.76. The van der Waals surface area contributed by atoms with Crippen molar-refractivity contribution in [2.75, 3.05) is 11.9 Å². The van der Waals surface area contributed by atoms with Crippen LogP contribution in [-0.2, 0) is 16.1 Å². The lowest BCUT2D eigenvalue weighted by Gasteiger charge is -2.14. The molecule has 0 aliphatic heterocycles. The summed E-state index contributed by atoms with van der Waals surface area (Å²) in [5, 5.41) is 16.0. The summed E-state index contributed by atoms with van der Waals surface area (Å²) >= 11 is 0. The second kappa shape index (κ2) is 7.52. The van der Waals surface area contributed by atoms with Crippen molar-refractivity contribution in [2.45, 2.75) is 12.5 Å². The Balaban J connectivity index is 1.33. The topological polar surface area (TPSA) is 119 Å². The Morgan fingerprint density at radius 1 is 1.03 bits per heavy atom. The van der Waals surface area contributed by atoms with Crippen LogP contribution in [0.2, 0.25) is 0 Å². The molecular formula is C22H17N5O4. The number of carbonyl (C=O) groups excluding carboxylic acids is 1. The van der Waals surface area contributed by atoms with Crippen molar-refractivity contribution in [2.24, 2.45) is 0 Å². The third-order valence-corrected chi connectivity index (χ3v) is 5.23. The number of benzene rings is 2. The molecule has 31 heavy (non-hydrogen) atoms. The van der Waals surface area contributed by atoms with Gasteiger partial charge in [0.05, 0.1) is 5.39 Å². The second-order valence-corrected chi connectivity index (χ2v) is 7.13. The van der Waals surface area contributed by atoms with Gasteiger partial charge in [0.25, 0.3) is 0 Å². The molecule has 2 N–H and O–H groups in total. The van der Waals surface area contributed by atoms with Gasteiger partial charge in [-0.05, 0) is 22.3 Å². The number of carbonyl (C=O) groups is 2. The molecule has 0 saturated carbocycles. The van der Waals surface area contributed by atoms with E-state index in [-0.39, 0.29) is 30.5 Å². The van der Waals surface area contributed by atoms with Gasteiger partial charge in [-0.3, -0.25) is 14.8 Å².